The lowest BCUT2D eigenvalue weighted by molar-refractivity contribution is 0.955. The molecule has 0 amide bonds. The maximum atomic E-state index is 4.54. The quantitative estimate of drug-likeness (QED) is 0.208. The summed E-state index contributed by atoms with van der Waals surface area (Å²) in [5.74, 6) is 1.61. The third-order valence-corrected chi connectivity index (χ3v) is 5.69. The van der Waals surface area contributed by atoms with Crippen molar-refractivity contribution in [2.75, 3.05) is 0 Å². The Kier molecular flexibility index (Phi) is 16.7. The number of aryl methyl sites for hydroxylation is 4. The summed E-state index contributed by atoms with van der Waals surface area (Å²) in [7, 11) is 0. The minimum absolute atomic E-state index is 0.804. The zero-order valence-electron chi connectivity index (χ0n) is 28.3. The molecule has 6 nitrogen and oxygen atoms in total. The Labute approximate surface area is 254 Å². The van der Waals surface area contributed by atoms with E-state index in [1.54, 1.807) is 0 Å². The van der Waals surface area contributed by atoms with Crippen molar-refractivity contribution in [2.45, 2.75) is 109 Å². The number of para-hydroxylation sites is 4. The molecule has 0 aliphatic carbocycles. The number of aromatic nitrogens is 6. The summed E-state index contributed by atoms with van der Waals surface area (Å²) < 4.78 is 4.28. The highest BCUT2D eigenvalue weighted by molar-refractivity contribution is 5.80. The molecule has 0 fully saturated rings. The van der Waals surface area contributed by atoms with E-state index in [1.165, 1.54) is 24.2 Å². The molecular formula is C36H54N6. The molecule has 0 spiro atoms. The van der Waals surface area contributed by atoms with Gasteiger partial charge in [-0.3, -0.25) is 8.80 Å². The van der Waals surface area contributed by atoms with E-state index in [4.69, 9.17) is 0 Å². The Morgan fingerprint density at radius 2 is 0.810 bits per heavy atom. The smallest absolute Gasteiger partial charge is 0.235 e. The van der Waals surface area contributed by atoms with Crippen molar-refractivity contribution in [1.82, 2.24) is 28.7 Å². The van der Waals surface area contributed by atoms with Crippen LogP contribution in [0.5, 0.6) is 0 Å². The number of fused-ring (bicyclic) bond motifs is 6. The molecule has 4 aromatic heterocycles. The second-order valence-corrected chi connectivity index (χ2v) is 9.37. The molecule has 6 aromatic rings. The third-order valence-electron chi connectivity index (χ3n) is 5.69. The zero-order chi connectivity index (χ0) is 31.7. The van der Waals surface area contributed by atoms with E-state index in [-0.39, 0.29) is 0 Å². The molecule has 0 radical (unpaired) electrons. The maximum absolute atomic E-state index is 4.54. The first-order valence-electron chi connectivity index (χ1n) is 15.9. The Bertz CT molecular complexity index is 1490. The van der Waals surface area contributed by atoms with Crippen molar-refractivity contribution in [3.8, 4) is 0 Å². The van der Waals surface area contributed by atoms with E-state index in [2.05, 4.69) is 94.5 Å². The van der Waals surface area contributed by atoms with Crippen LogP contribution >= 0.6 is 0 Å². The summed E-state index contributed by atoms with van der Waals surface area (Å²) in [5.41, 5.74) is 8.88. The van der Waals surface area contributed by atoms with Crippen LogP contribution in [0.15, 0.2) is 60.7 Å². The van der Waals surface area contributed by atoms with E-state index in [1.807, 2.05) is 77.9 Å². The van der Waals surface area contributed by atoms with Crippen LogP contribution in [-0.4, -0.2) is 28.7 Å². The Balaban J connectivity index is 0.000000323. The highest BCUT2D eigenvalue weighted by atomic mass is 15.1. The van der Waals surface area contributed by atoms with E-state index in [9.17, 15) is 0 Å². The van der Waals surface area contributed by atoms with Crippen molar-refractivity contribution >= 4 is 33.6 Å². The fourth-order valence-electron chi connectivity index (χ4n) is 4.25. The number of imidazole rings is 2. The number of benzene rings is 2. The number of rotatable bonds is 2. The van der Waals surface area contributed by atoms with Crippen molar-refractivity contribution in [2.24, 2.45) is 0 Å². The molecule has 4 heterocycles. The number of nitrogens with zero attached hydrogens (tertiary/aromatic N) is 6. The minimum atomic E-state index is 0.804. The van der Waals surface area contributed by atoms with Crippen LogP contribution in [0, 0.1) is 13.8 Å². The molecule has 228 valence electrons. The van der Waals surface area contributed by atoms with Crippen molar-refractivity contribution < 1.29 is 0 Å². The lowest BCUT2D eigenvalue weighted by Gasteiger charge is -2.04. The fourth-order valence-corrected chi connectivity index (χ4v) is 4.25. The van der Waals surface area contributed by atoms with Crippen molar-refractivity contribution in [3.05, 3.63) is 83.4 Å². The molecule has 0 unspecified atom stereocenters. The van der Waals surface area contributed by atoms with Gasteiger partial charge in [0.05, 0.1) is 22.1 Å². The van der Waals surface area contributed by atoms with Gasteiger partial charge in [0.1, 0.15) is 0 Å². The summed E-state index contributed by atoms with van der Waals surface area (Å²) in [6.07, 6.45) is 4.47. The molecule has 0 bridgehead atoms. The lowest BCUT2D eigenvalue weighted by atomic mass is 10.2. The topological polar surface area (TPSA) is 60.4 Å². The molecule has 0 aliphatic rings. The summed E-state index contributed by atoms with van der Waals surface area (Å²) in [6.45, 7) is 24.8. The van der Waals surface area contributed by atoms with Crippen LogP contribution in [0.2, 0.25) is 0 Å². The number of hydrogen-bond acceptors (Lipinski definition) is 4. The summed E-state index contributed by atoms with van der Waals surface area (Å²) in [5, 5.41) is 0. The summed E-state index contributed by atoms with van der Waals surface area (Å²) in [6, 6.07) is 20.6. The van der Waals surface area contributed by atoms with Gasteiger partial charge in [0.15, 0.2) is 0 Å². The van der Waals surface area contributed by atoms with Crippen LogP contribution in [0.25, 0.3) is 33.6 Å². The van der Waals surface area contributed by atoms with Gasteiger partial charge in [0.25, 0.3) is 0 Å². The third kappa shape index (κ3) is 9.10. The molecular weight excluding hydrogens is 516 g/mol. The maximum Gasteiger partial charge on any atom is 0.235 e. The first kappa shape index (κ1) is 36.2. The second kappa shape index (κ2) is 19.3. The Morgan fingerprint density at radius 3 is 1.12 bits per heavy atom. The van der Waals surface area contributed by atoms with Crippen molar-refractivity contribution in [3.63, 3.8) is 0 Å². The largest absolute Gasteiger partial charge is 0.281 e. The van der Waals surface area contributed by atoms with Gasteiger partial charge in [0.2, 0.25) is 11.6 Å². The Morgan fingerprint density at radius 1 is 0.500 bits per heavy atom. The molecule has 42 heavy (non-hydrogen) atoms. The van der Waals surface area contributed by atoms with Crippen LogP contribution in [0.1, 0.15) is 105 Å². The van der Waals surface area contributed by atoms with Crippen LogP contribution in [-0.2, 0) is 12.8 Å². The first-order chi connectivity index (χ1) is 20.4. The predicted molar refractivity (Wildman–Crippen MR) is 184 cm³/mol. The average Bonchev–Trinajstić information content (AvgIpc) is 3.57. The minimum Gasteiger partial charge on any atom is -0.281 e. The van der Waals surface area contributed by atoms with Gasteiger partial charge in [-0.25, -0.2) is 19.9 Å². The van der Waals surface area contributed by atoms with Gasteiger partial charge in [0, 0.05) is 22.8 Å². The first-order valence-corrected chi connectivity index (χ1v) is 15.9. The monoisotopic (exact) mass is 570 g/mol. The lowest BCUT2D eigenvalue weighted by Crippen LogP contribution is -1.99. The molecule has 6 heteroatoms. The van der Waals surface area contributed by atoms with Gasteiger partial charge in [-0.2, -0.15) is 0 Å². The van der Waals surface area contributed by atoms with Crippen LogP contribution in [0.4, 0.5) is 0 Å². The summed E-state index contributed by atoms with van der Waals surface area (Å²) >= 11 is 0. The van der Waals surface area contributed by atoms with Gasteiger partial charge in [-0.1, -0.05) is 106 Å². The SMILES string of the molecule is CC.CC.CCC.CCC.CCc1cc(C)nc2nc3ccccc3n12.CCc1cc(C)nc2nc3ccccc3n12. The van der Waals surface area contributed by atoms with Crippen molar-refractivity contribution in [1.29, 1.82) is 0 Å². The highest BCUT2D eigenvalue weighted by Gasteiger charge is 2.09. The zero-order valence-corrected chi connectivity index (χ0v) is 28.3. The molecule has 0 N–H and O–H groups in total. The van der Waals surface area contributed by atoms with Gasteiger partial charge < -0.3 is 0 Å². The normalized spacial score (nSPS) is 9.81. The van der Waals surface area contributed by atoms with Crippen LogP contribution in [0.3, 0.4) is 0 Å². The van der Waals surface area contributed by atoms with Gasteiger partial charge in [-0.05, 0) is 63.1 Å². The Hall–Kier alpha value is -3.80. The standard InChI is InChI=1S/2C13H13N3.2C3H8.2C2H6/c2*1-3-10-8-9(2)14-13-15-11-6-4-5-7-12(11)16(10)13;2*1-3-2;2*1-2/h2*4-8H,3H2,1-2H3;2*3H2,1-2H3;2*1-2H3. The van der Waals surface area contributed by atoms with Gasteiger partial charge in [-0.15, -0.1) is 0 Å². The predicted octanol–water partition coefficient (Wildman–Crippen LogP) is 10.4. The van der Waals surface area contributed by atoms with E-state index in [0.29, 0.717) is 0 Å². The second-order valence-electron chi connectivity index (χ2n) is 9.37. The molecule has 0 aliphatic heterocycles. The number of hydrogen-bond donors (Lipinski definition) is 0. The van der Waals surface area contributed by atoms with E-state index in [0.717, 1.165) is 57.9 Å². The summed E-state index contributed by atoms with van der Waals surface area (Å²) in [4.78, 5) is 18.0. The molecule has 0 saturated heterocycles. The average molecular weight is 571 g/mol. The van der Waals surface area contributed by atoms with Gasteiger partial charge >= 0.3 is 0 Å². The molecule has 0 atom stereocenters. The van der Waals surface area contributed by atoms with E-state index < -0.39 is 0 Å². The van der Waals surface area contributed by atoms with Crippen LogP contribution < -0.4 is 0 Å². The molecule has 6 rings (SSSR count). The fraction of sp³-hybridized carbons (Fsp3) is 0.444. The molecule has 2 aromatic carbocycles. The van der Waals surface area contributed by atoms with E-state index >= 15 is 0 Å². The molecule has 0 saturated carbocycles. The highest BCUT2D eigenvalue weighted by Crippen LogP contribution is 2.19.